The van der Waals surface area contributed by atoms with Crippen molar-refractivity contribution in [3.63, 3.8) is 0 Å². The summed E-state index contributed by atoms with van der Waals surface area (Å²) in [7, 11) is 2.07. The van der Waals surface area contributed by atoms with E-state index in [1.165, 1.54) is 5.56 Å². The highest BCUT2D eigenvalue weighted by atomic mass is 16.2. The van der Waals surface area contributed by atoms with Crippen molar-refractivity contribution in [2.24, 2.45) is 5.92 Å². The van der Waals surface area contributed by atoms with Gasteiger partial charge in [-0.3, -0.25) is 14.2 Å². The molecule has 1 aliphatic carbocycles. The van der Waals surface area contributed by atoms with E-state index in [1.54, 1.807) is 4.57 Å². The summed E-state index contributed by atoms with van der Waals surface area (Å²) in [5.74, 6) is -0.0420. The number of amides is 1. The van der Waals surface area contributed by atoms with Crippen LogP contribution in [-0.4, -0.2) is 59.4 Å². The lowest BCUT2D eigenvalue weighted by atomic mass is 9.98. The van der Waals surface area contributed by atoms with E-state index in [9.17, 15) is 9.59 Å². The highest BCUT2D eigenvalue weighted by molar-refractivity contribution is 5.98. The van der Waals surface area contributed by atoms with Crippen LogP contribution in [0.2, 0.25) is 0 Å². The number of hydrogen-bond donors (Lipinski definition) is 0. The summed E-state index contributed by atoms with van der Waals surface area (Å²) in [6, 6.07) is 1.98. The molecule has 1 saturated heterocycles. The van der Waals surface area contributed by atoms with Gasteiger partial charge in [0.1, 0.15) is 5.69 Å². The van der Waals surface area contributed by atoms with Gasteiger partial charge in [0.2, 0.25) is 5.91 Å². The second-order valence-corrected chi connectivity index (χ2v) is 7.13. The van der Waals surface area contributed by atoms with Crippen molar-refractivity contribution in [2.45, 2.75) is 39.5 Å². The minimum Gasteiger partial charge on any atom is -0.335 e. The zero-order chi connectivity index (χ0) is 16.6. The van der Waals surface area contributed by atoms with E-state index < -0.39 is 0 Å². The monoisotopic (exact) mass is 317 g/mol. The molecule has 0 N–H and O–H groups in total. The summed E-state index contributed by atoms with van der Waals surface area (Å²) < 4.78 is 1.74. The van der Waals surface area contributed by atoms with Gasteiger partial charge in [0, 0.05) is 37.8 Å². The Morgan fingerprint density at radius 2 is 1.70 bits per heavy atom. The molecular weight excluding hydrogens is 290 g/mol. The lowest BCUT2D eigenvalue weighted by Gasteiger charge is -2.32. The Hall–Kier alpha value is -1.62. The first-order chi connectivity index (χ1) is 11.0. The van der Waals surface area contributed by atoms with E-state index in [0.29, 0.717) is 5.69 Å². The summed E-state index contributed by atoms with van der Waals surface area (Å²) in [5.41, 5.74) is 2.86. The van der Waals surface area contributed by atoms with Crippen LogP contribution in [0.4, 0.5) is 0 Å². The highest BCUT2D eigenvalue weighted by Crippen LogP contribution is 2.27. The molecule has 0 atom stereocenters. The molecule has 0 unspecified atom stereocenters. The number of carbonyl (C=O) groups excluding carboxylic acids is 2. The topological polar surface area (TPSA) is 45.6 Å². The number of aromatic nitrogens is 1. The Labute approximate surface area is 138 Å². The molecule has 126 valence electrons. The maximum atomic E-state index is 13.0. The second-order valence-electron chi connectivity index (χ2n) is 7.13. The van der Waals surface area contributed by atoms with Crippen molar-refractivity contribution >= 4 is 11.8 Å². The zero-order valence-corrected chi connectivity index (χ0v) is 14.5. The van der Waals surface area contributed by atoms with Crippen LogP contribution < -0.4 is 0 Å². The standard InChI is InChI=1S/C18H27N3O2/c1-13(2)17(22)21-15-7-5-4-6-14(15)12-16(21)18(23)20-10-8-19(3)9-11-20/h12-13H,4-11H2,1-3H3. The van der Waals surface area contributed by atoms with Gasteiger partial charge in [-0.05, 0) is 44.4 Å². The predicted molar refractivity (Wildman–Crippen MR) is 89.9 cm³/mol. The van der Waals surface area contributed by atoms with E-state index in [-0.39, 0.29) is 17.7 Å². The van der Waals surface area contributed by atoms with Crippen molar-refractivity contribution in [1.82, 2.24) is 14.4 Å². The van der Waals surface area contributed by atoms with Gasteiger partial charge in [-0.15, -0.1) is 0 Å². The molecule has 1 aromatic rings. The largest absolute Gasteiger partial charge is 0.335 e. The van der Waals surface area contributed by atoms with Crippen LogP contribution in [-0.2, 0) is 12.8 Å². The maximum Gasteiger partial charge on any atom is 0.271 e. The Balaban J connectivity index is 1.96. The molecule has 5 heteroatoms. The average Bonchev–Trinajstić information content (AvgIpc) is 2.93. The van der Waals surface area contributed by atoms with E-state index in [2.05, 4.69) is 11.9 Å². The first kappa shape index (κ1) is 16.2. The Kier molecular flexibility index (Phi) is 4.57. The van der Waals surface area contributed by atoms with Gasteiger partial charge >= 0.3 is 0 Å². The first-order valence-corrected chi connectivity index (χ1v) is 8.74. The molecule has 3 rings (SSSR count). The second kappa shape index (κ2) is 6.48. The fourth-order valence-corrected chi connectivity index (χ4v) is 3.54. The highest BCUT2D eigenvalue weighted by Gasteiger charge is 2.30. The van der Waals surface area contributed by atoms with Gasteiger partial charge in [0.05, 0.1) is 0 Å². The Morgan fingerprint density at radius 1 is 1.04 bits per heavy atom. The normalized spacial score (nSPS) is 19.0. The summed E-state index contributed by atoms with van der Waals surface area (Å²) in [6.07, 6.45) is 4.14. The lowest BCUT2D eigenvalue weighted by Crippen LogP contribution is -2.47. The first-order valence-electron chi connectivity index (χ1n) is 8.74. The number of carbonyl (C=O) groups is 2. The molecule has 2 heterocycles. The predicted octanol–water partition coefficient (Wildman–Crippen LogP) is 2.05. The van der Waals surface area contributed by atoms with Crippen molar-refractivity contribution in [2.75, 3.05) is 33.2 Å². The van der Waals surface area contributed by atoms with Crippen molar-refractivity contribution < 1.29 is 9.59 Å². The molecule has 1 amide bonds. The number of likely N-dealkylation sites (N-methyl/N-ethyl adjacent to an activating group) is 1. The fourth-order valence-electron chi connectivity index (χ4n) is 3.54. The molecule has 5 nitrogen and oxygen atoms in total. The van der Waals surface area contributed by atoms with Gasteiger partial charge in [-0.2, -0.15) is 0 Å². The minimum absolute atomic E-state index is 0.0153. The SMILES string of the molecule is CC(C)C(=O)n1c(C(=O)N2CCN(C)CC2)cc2c1CCCC2. The average molecular weight is 317 g/mol. The summed E-state index contributed by atoms with van der Waals surface area (Å²) >= 11 is 0. The molecule has 2 aliphatic rings. The Morgan fingerprint density at radius 3 is 2.35 bits per heavy atom. The minimum atomic E-state index is -0.104. The van der Waals surface area contributed by atoms with Crippen LogP contribution in [0.25, 0.3) is 0 Å². The molecule has 0 aromatic carbocycles. The quantitative estimate of drug-likeness (QED) is 0.839. The van der Waals surface area contributed by atoms with Crippen molar-refractivity contribution in [3.05, 3.63) is 23.0 Å². The molecular formula is C18H27N3O2. The third-order valence-electron chi connectivity index (χ3n) is 5.03. The van der Waals surface area contributed by atoms with Crippen LogP contribution in [0.15, 0.2) is 6.07 Å². The van der Waals surface area contributed by atoms with E-state index in [4.69, 9.17) is 0 Å². The molecule has 1 aliphatic heterocycles. The zero-order valence-electron chi connectivity index (χ0n) is 14.5. The number of fused-ring (bicyclic) bond motifs is 1. The summed E-state index contributed by atoms with van der Waals surface area (Å²) in [4.78, 5) is 29.9. The van der Waals surface area contributed by atoms with Crippen molar-refractivity contribution in [1.29, 1.82) is 0 Å². The van der Waals surface area contributed by atoms with E-state index in [1.807, 2.05) is 24.8 Å². The molecule has 23 heavy (non-hydrogen) atoms. The number of nitrogens with zero attached hydrogens (tertiary/aromatic N) is 3. The van der Waals surface area contributed by atoms with Crippen LogP contribution in [0.1, 0.15) is 53.2 Å². The molecule has 0 radical (unpaired) electrons. The van der Waals surface area contributed by atoms with E-state index in [0.717, 1.165) is 57.6 Å². The third kappa shape index (κ3) is 3.07. The smallest absolute Gasteiger partial charge is 0.271 e. The number of rotatable bonds is 2. The number of piperazine rings is 1. The van der Waals surface area contributed by atoms with E-state index >= 15 is 0 Å². The number of aryl methyl sites for hydroxylation is 1. The van der Waals surface area contributed by atoms with Gasteiger partial charge in [0.25, 0.3) is 5.91 Å². The van der Waals surface area contributed by atoms with Crippen LogP contribution in [0, 0.1) is 5.92 Å². The van der Waals surface area contributed by atoms with Crippen LogP contribution >= 0.6 is 0 Å². The van der Waals surface area contributed by atoms with Gasteiger partial charge in [0.15, 0.2) is 0 Å². The molecule has 1 aromatic heterocycles. The maximum absolute atomic E-state index is 13.0. The van der Waals surface area contributed by atoms with Gasteiger partial charge in [-0.25, -0.2) is 0 Å². The Bertz CT molecular complexity index is 610. The summed E-state index contributed by atoms with van der Waals surface area (Å²) in [5, 5.41) is 0. The molecule has 0 bridgehead atoms. The van der Waals surface area contributed by atoms with Crippen LogP contribution in [0.3, 0.4) is 0 Å². The third-order valence-corrected chi connectivity index (χ3v) is 5.03. The van der Waals surface area contributed by atoms with Gasteiger partial charge < -0.3 is 9.80 Å². The number of hydrogen-bond acceptors (Lipinski definition) is 3. The molecule has 0 spiro atoms. The molecule has 1 fully saturated rings. The summed E-state index contributed by atoms with van der Waals surface area (Å²) in [6.45, 7) is 7.07. The lowest BCUT2D eigenvalue weighted by molar-refractivity contribution is 0.0640. The van der Waals surface area contributed by atoms with Crippen molar-refractivity contribution in [3.8, 4) is 0 Å². The van der Waals surface area contributed by atoms with Crippen LogP contribution in [0.5, 0.6) is 0 Å². The molecule has 0 saturated carbocycles. The van der Waals surface area contributed by atoms with Gasteiger partial charge in [-0.1, -0.05) is 13.8 Å². The fraction of sp³-hybridized carbons (Fsp3) is 0.667.